The lowest BCUT2D eigenvalue weighted by Crippen LogP contribution is -2.27. The summed E-state index contributed by atoms with van der Waals surface area (Å²) in [6.45, 7) is 6.74. The van der Waals surface area contributed by atoms with E-state index in [1.807, 2.05) is 20.8 Å². The number of amides is 1. The van der Waals surface area contributed by atoms with E-state index in [0.29, 0.717) is 18.1 Å². The third kappa shape index (κ3) is 3.46. The Kier molecular flexibility index (Phi) is 4.62. The molecule has 0 radical (unpaired) electrons. The molecule has 1 aliphatic heterocycles. The SMILES string of the molecule is Cc1noc(C)c1CC(=O)NCc1ccnc([C@@]2(C)CCCO2)n1. The topological polar surface area (TPSA) is 90.1 Å². The predicted molar refractivity (Wildman–Crippen MR) is 86.1 cm³/mol. The zero-order valence-corrected chi connectivity index (χ0v) is 14.3. The number of hydrogen-bond acceptors (Lipinski definition) is 6. The minimum Gasteiger partial charge on any atom is -0.367 e. The molecule has 2 aromatic rings. The van der Waals surface area contributed by atoms with Crippen molar-refractivity contribution < 1.29 is 14.1 Å². The van der Waals surface area contributed by atoms with Gasteiger partial charge in [-0.15, -0.1) is 0 Å². The van der Waals surface area contributed by atoms with Gasteiger partial charge in [0.25, 0.3) is 0 Å². The van der Waals surface area contributed by atoms with Gasteiger partial charge < -0.3 is 14.6 Å². The van der Waals surface area contributed by atoms with Crippen molar-refractivity contribution in [3.05, 3.63) is 40.8 Å². The number of nitrogens with zero attached hydrogens (tertiary/aromatic N) is 3. The van der Waals surface area contributed by atoms with Gasteiger partial charge >= 0.3 is 0 Å². The largest absolute Gasteiger partial charge is 0.367 e. The van der Waals surface area contributed by atoms with Crippen molar-refractivity contribution in [1.29, 1.82) is 0 Å². The van der Waals surface area contributed by atoms with Gasteiger partial charge in [0.1, 0.15) is 11.4 Å². The van der Waals surface area contributed by atoms with Crippen molar-refractivity contribution in [3.8, 4) is 0 Å². The van der Waals surface area contributed by atoms with Crippen LogP contribution in [0.5, 0.6) is 0 Å². The number of hydrogen-bond donors (Lipinski definition) is 1. The highest BCUT2D eigenvalue weighted by atomic mass is 16.5. The van der Waals surface area contributed by atoms with Gasteiger partial charge in [0.05, 0.1) is 24.4 Å². The summed E-state index contributed by atoms with van der Waals surface area (Å²) in [5, 5.41) is 6.74. The second-order valence-electron chi connectivity index (χ2n) is 6.31. The normalized spacial score (nSPS) is 20.3. The van der Waals surface area contributed by atoms with Gasteiger partial charge in [0.2, 0.25) is 5.91 Å². The Morgan fingerprint density at radius 3 is 2.92 bits per heavy atom. The Morgan fingerprint density at radius 1 is 1.42 bits per heavy atom. The van der Waals surface area contributed by atoms with E-state index in [1.54, 1.807) is 12.3 Å². The lowest BCUT2D eigenvalue weighted by Gasteiger charge is -2.21. The molecule has 1 N–H and O–H groups in total. The van der Waals surface area contributed by atoms with Gasteiger partial charge in [-0.3, -0.25) is 4.79 Å². The summed E-state index contributed by atoms with van der Waals surface area (Å²) in [5.41, 5.74) is 1.93. The molecular weight excluding hydrogens is 308 g/mol. The summed E-state index contributed by atoms with van der Waals surface area (Å²) in [5.74, 6) is 1.27. The first kappa shape index (κ1) is 16.6. The predicted octanol–water partition coefficient (Wildman–Crippen LogP) is 1.97. The molecule has 0 saturated carbocycles. The van der Waals surface area contributed by atoms with Crippen LogP contribution in [0.4, 0.5) is 0 Å². The molecular formula is C17H22N4O3. The first-order chi connectivity index (χ1) is 11.5. The number of carbonyl (C=O) groups is 1. The van der Waals surface area contributed by atoms with Crippen LogP contribution in [-0.4, -0.2) is 27.6 Å². The van der Waals surface area contributed by atoms with E-state index in [2.05, 4.69) is 20.4 Å². The zero-order chi connectivity index (χ0) is 17.2. The second-order valence-corrected chi connectivity index (χ2v) is 6.31. The van der Waals surface area contributed by atoms with Gasteiger partial charge in [-0.05, 0) is 39.7 Å². The molecule has 128 valence electrons. The summed E-state index contributed by atoms with van der Waals surface area (Å²) in [7, 11) is 0. The number of carbonyl (C=O) groups excluding carboxylic acids is 1. The average molecular weight is 330 g/mol. The summed E-state index contributed by atoms with van der Waals surface area (Å²) in [6, 6.07) is 1.80. The zero-order valence-electron chi connectivity index (χ0n) is 14.3. The number of aryl methyl sites for hydroxylation is 2. The highest BCUT2D eigenvalue weighted by molar-refractivity contribution is 5.78. The van der Waals surface area contributed by atoms with Crippen LogP contribution < -0.4 is 5.32 Å². The summed E-state index contributed by atoms with van der Waals surface area (Å²) in [4.78, 5) is 21.0. The molecule has 7 heteroatoms. The number of ether oxygens (including phenoxy) is 1. The molecule has 24 heavy (non-hydrogen) atoms. The molecule has 1 atom stereocenters. The van der Waals surface area contributed by atoms with Crippen LogP contribution in [-0.2, 0) is 28.1 Å². The maximum absolute atomic E-state index is 12.1. The van der Waals surface area contributed by atoms with E-state index in [4.69, 9.17) is 9.26 Å². The minimum atomic E-state index is -0.420. The van der Waals surface area contributed by atoms with Crippen molar-refractivity contribution in [2.24, 2.45) is 0 Å². The van der Waals surface area contributed by atoms with Crippen LogP contribution in [0.2, 0.25) is 0 Å². The van der Waals surface area contributed by atoms with Crippen LogP contribution in [0.3, 0.4) is 0 Å². The Labute approximate surface area is 140 Å². The fourth-order valence-corrected chi connectivity index (χ4v) is 2.87. The Morgan fingerprint density at radius 2 is 2.25 bits per heavy atom. The minimum absolute atomic E-state index is 0.0899. The van der Waals surface area contributed by atoms with Gasteiger partial charge in [0.15, 0.2) is 5.82 Å². The smallest absolute Gasteiger partial charge is 0.224 e. The van der Waals surface area contributed by atoms with Crippen molar-refractivity contribution in [2.75, 3.05) is 6.61 Å². The van der Waals surface area contributed by atoms with Crippen molar-refractivity contribution in [2.45, 2.75) is 52.2 Å². The van der Waals surface area contributed by atoms with E-state index in [1.165, 1.54) is 0 Å². The number of aromatic nitrogens is 3. The number of rotatable bonds is 5. The third-order valence-electron chi connectivity index (χ3n) is 4.39. The molecule has 0 unspecified atom stereocenters. The molecule has 2 aromatic heterocycles. The molecule has 0 aromatic carbocycles. The average Bonchev–Trinajstić information content (AvgIpc) is 3.15. The van der Waals surface area contributed by atoms with Gasteiger partial charge in [-0.1, -0.05) is 5.16 Å². The molecule has 1 fully saturated rings. The summed E-state index contributed by atoms with van der Waals surface area (Å²) in [6.07, 6.45) is 3.89. The van der Waals surface area contributed by atoms with Crippen molar-refractivity contribution in [3.63, 3.8) is 0 Å². The van der Waals surface area contributed by atoms with E-state index >= 15 is 0 Å². The maximum atomic E-state index is 12.1. The lowest BCUT2D eigenvalue weighted by molar-refractivity contribution is -0.120. The molecule has 1 amide bonds. The lowest BCUT2D eigenvalue weighted by atomic mass is 10.0. The third-order valence-corrected chi connectivity index (χ3v) is 4.39. The van der Waals surface area contributed by atoms with Gasteiger partial charge in [-0.25, -0.2) is 9.97 Å². The van der Waals surface area contributed by atoms with Crippen LogP contribution in [0.15, 0.2) is 16.8 Å². The molecule has 0 spiro atoms. The Bertz CT molecular complexity index is 716. The first-order valence-corrected chi connectivity index (χ1v) is 8.13. The Balaban J connectivity index is 1.61. The first-order valence-electron chi connectivity index (χ1n) is 8.13. The quantitative estimate of drug-likeness (QED) is 0.901. The van der Waals surface area contributed by atoms with Crippen LogP contribution in [0, 0.1) is 13.8 Å². The Hall–Kier alpha value is -2.28. The van der Waals surface area contributed by atoms with Crippen LogP contribution in [0.25, 0.3) is 0 Å². The van der Waals surface area contributed by atoms with E-state index in [0.717, 1.165) is 36.4 Å². The van der Waals surface area contributed by atoms with E-state index in [-0.39, 0.29) is 12.3 Å². The molecule has 3 rings (SSSR count). The van der Waals surface area contributed by atoms with Gasteiger partial charge in [-0.2, -0.15) is 0 Å². The van der Waals surface area contributed by atoms with Crippen LogP contribution >= 0.6 is 0 Å². The molecule has 1 saturated heterocycles. The van der Waals surface area contributed by atoms with E-state index in [9.17, 15) is 4.79 Å². The molecule has 3 heterocycles. The summed E-state index contributed by atoms with van der Waals surface area (Å²) >= 11 is 0. The highest BCUT2D eigenvalue weighted by Gasteiger charge is 2.34. The second kappa shape index (κ2) is 6.68. The number of nitrogens with one attached hydrogen (secondary N) is 1. The molecule has 7 nitrogen and oxygen atoms in total. The fourth-order valence-electron chi connectivity index (χ4n) is 2.87. The molecule has 0 bridgehead atoms. The monoisotopic (exact) mass is 330 g/mol. The highest BCUT2D eigenvalue weighted by Crippen LogP contribution is 2.33. The fraction of sp³-hybridized carbons (Fsp3) is 0.529. The van der Waals surface area contributed by atoms with Crippen LogP contribution in [0.1, 0.15) is 48.3 Å². The standard InChI is InChI=1S/C17H22N4O3/c1-11-14(12(2)24-21-11)9-15(22)19-10-13-5-7-18-16(20-13)17(3)6-4-8-23-17/h5,7H,4,6,8-10H2,1-3H3,(H,19,22)/t17-/m1/s1. The summed E-state index contributed by atoms with van der Waals surface area (Å²) < 4.78 is 10.9. The maximum Gasteiger partial charge on any atom is 0.224 e. The van der Waals surface area contributed by atoms with E-state index < -0.39 is 5.60 Å². The van der Waals surface area contributed by atoms with Crippen molar-refractivity contribution in [1.82, 2.24) is 20.4 Å². The van der Waals surface area contributed by atoms with Gasteiger partial charge in [0, 0.05) is 18.4 Å². The molecule has 1 aliphatic rings. The van der Waals surface area contributed by atoms with Crippen molar-refractivity contribution >= 4 is 5.91 Å². The molecule has 0 aliphatic carbocycles.